The highest BCUT2D eigenvalue weighted by Crippen LogP contribution is 2.27. The summed E-state index contributed by atoms with van der Waals surface area (Å²) in [6, 6.07) is 8.01. The van der Waals surface area contributed by atoms with E-state index in [1.807, 2.05) is 24.4 Å². The average Bonchev–Trinajstić information content (AvgIpc) is 2.50. The van der Waals surface area contributed by atoms with E-state index in [0.717, 1.165) is 48.3 Å². The zero-order valence-electron chi connectivity index (χ0n) is 12.9. The highest BCUT2D eigenvalue weighted by Gasteiger charge is 2.05. The first-order chi connectivity index (χ1) is 9.85. The lowest BCUT2D eigenvalue weighted by molar-refractivity contribution is 0.415. The number of hydrogen-bond donors (Lipinski definition) is 2. The SMILES string of the molecule is COc1cc(NCCCCCCN)c2ncccc2c1.Cl.Cl. The molecule has 0 unspecified atom stereocenters. The van der Waals surface area contributed by atoms with Gasteiger partial charge in [0.25, 0.3) is 0 Å². The van der Waals surface area contributed by atoms with Crippen LogP contribution in [0.25, 0.3) is 10.9 Å². The number of aromatic nitrogens is 1. The predicted molar refractivity (Wildman–Crippen MR) is 98.8 cm³/mol. The Balaban J connectivity index is 0.00000220. The molecule has 0 bridgehead atoms. The van der Waals surface area contributed by atoms with Crippen molar-refractivity contribution in [2.24, 2.45) is 5.73 Å². The quantitative estimate of drug-likeness (QED) is 0.709. The summed E-state index contributed by atoms with van der Waals surface area (Å²) in [4.78, 5) is 4.45. The molecule has 6 heteroatoms. The van der Waals surface area contributed by atoms with Crippen LogP contribution in [0.2, 0.25) is 0 Å². The van der Waals surface area contributed by atoms with Crippen LogP contribution in [0.1, 0.15) is 25.7 Å². The van der Waals surface area contributed by atoms with Crippen molar-refractivity contribution in [3.8, 4) is 5.75 Å². The zero-order chi connectivity index (χ0) is 14.2. The Labute approximate surface area is 144 Å². The largest absolute Gasteiger partial charge is 0.497 e. The summed E-state index contributed by atoms with van der Waals surface area (Å²) in [6.07, 6.45) is 6.49. The number of unbranched alkanes of at least 4 members (excludes halogenated alkanes) is 3. The Bertz CT molecular complexity index is 552. The van der Waals surface area contributed by atoms with Crippen LogP contribution in [0.15, 0.2) is 30.5 Å². The number of nitrogens with two attached hydrogens (primary N) is 1. The molecule has 0 aliphatic heterocycles. The minimum atomic E-state index is 0. The van der Waals surface area contributed by atoms with Gasteiger partial charge in [0.15, 0.2) is 0 Å². The summed E-state index contributed by atoms with van der Waals surface area (Å²) < 4.78 is 5.34. The van der Waals surface area contributed by atoms with Crippen LogP contribution in [0.5, 0.6) is 5.75 Å². The van der Waals surface area contributed by atoms with Crippen molar-refractivity contribution >= 4 is 41.4 Å². The van der Waals surface area contributed by atoms with E-state index in [0.29, 0.717) is 0 Å². The van der Waals surface area contributed by atoms with E-state index < -0.39 is 0 Å². The van der Waals surface area contributed by atoms with Crippen molar-refractivity contribution < 1.29 is 4.74 Å². The molecule has 0 radical (unpaired) electrons. The first kappa shape index (κ1) is 20.8. The van der Waals surface area contributed by atoms with Crippen LogP contribution in [0.3, 0.4) is 0 Å². The molecule has 1 aromatic heterocycles. The number of benzene rings is 1. The van der Waals surface area contributed by atoms with Crippen LogP contribution >= 0.6 is 24.8 Å². The molecule has 0 aliphatic rings. The molecule has 3 N–H and O–H groups in total. The molecule has 22 heavy (non-hydrogen) atoms. The van der Waals surface area contributed by atoms with Gasteiger partial charge in [0.05, 0.1) is 18.3 Å². The van der Waals surface area contributed by atoms with Gasteiger partial charge in [-0.3, -0.25) is 4.98 Å². The summed E-state index contributed by atoms with van der Waals surface area (Å²) in [7, 11) is 1.69. The van der Waals surface area contributed by atoms with Crippen molar-refractivity contribution in [3.05, 3.63) is 30.5 Å². The number of nitrogens with one attached hydrogen (secondary N) is 1. The third-order valence-electron chi connectivity index (χ3n) is 3.36. The number of anilines is 1. The number of nitrogens with zero attached hydrogens (tertiary/aromatic N) is 1. The Morgan fingerprint density at radius 3 is 2.64 bits per heavy atom. The van der Waals surface area contributed by atoms with Crippen molar-refractivity contribution in [2.75, 3.05) is 25.5 Å². The Hall–Kier alpha value is -1.23. The topological polar surface area (TPSA) is 60.2 Å². The normalized spacial score (nSPS) is 9.73. The number of rotatable bonds is 8. The zero-order valence-corrected chi connectivity index (χ0v) is 14.5. The van der Waals surface area contributed by atoms with Crippen LogP contribution in [-0.2, 0) is 0 Å². The van der Waals surface area contributed by atoms with E-state index >= 15 is 0 Å². The molecule has 4 nitrogen and oxygen atoms in total. The van der Waals surface area contributed by atoms with E-state index in [1.165, 1.54) is 12.8 Å². The van der Waals surface area contributed by atoms with Crippen molar-refractivity contribution in [1.82, 2.24) is 4.98 Å². The van der Waals surface area contributed by atoms with Crippen molar-refractivity contribution in [1.29, 1.82) is 0 Å². The molecule has 0 saturated heterocycles. The predicted octanol–water partition coefficient (Wildman–Crippen LogP) is 4.02. The fourth-order valence-corrected chi connectivity index (χ4v) is 2.26. The number of fused-ring (bicyclic) bond motifs is 1. The van der Waals surface area contributed by atoms with Crippen molar-refractivity contribution in [3.63, 3.8) is 0 Å². The summed E-state index contributed by atoms with van der Waals surface area (Å²) in [5, 5.41) is 4.56. The Morgan fingerprint density at radius 2 is 1.91 bits per heavy atom. The first-order valence-electron chi connectivity index (χ1n) is 7.22. The van der Waals surface area contributed by atoms with Gasteiger partial charge in [-0.05, 0) is 31.5 Å². The molecule has 1 heterocycles. The molecule has 1 aromatic carbocycles. The molecule has 0 atom stereocenters. The smallest absolute Gasteiger partial charge is 0.121 e. The van der Waals surface area contributed by atoms with Crippen LogP contribution in [0.4, 0.5) is 5.69 Å². The van der Waals surface area contributed by atoms with Crippen molar-refractivity contribution in [2.45, 2.75) is 25.7 Å². The van der Waals surface area contributed by atoms with E-state index in [-0.39, 0.29) is 24.8 Å². The second-order valence-corrected chi connectivity index (χ2v) is 4.88. The minimum Gasteiger partial charge on any atom is -0.497 e. The van der Waals surface area contributed by atoms with Gasteiger partial charge in [-0.1, -0.05) is 18.9 Å². The second-order valence-electron chi connectivity index (χ2n) is 4.88. The van der Waals surface area contributed by atoms with Gasteiger partial charge >= 0.3 is 0 Å². The van der Waals surface area contributed by atoms with Crippen LogP contribution < -0.4 is 15.8 Å². The summed E-state index contributed by atoms with van der Waals surface area (Å²) in [5.74, 6) is 0.858. The highest BCUT2D eigenvalue weighted by molar-refractivity contribution is 5.91. The van der Waals surface area contributed by atoms with Crippen LogP contribution in [-0.4, -0.2) is 25.2 Å². The van der Waals surface area contributed by atoms with E-state index in [1.54, 1.807) is 7.11 Å². The van der Waals surface area contributed by atoms with E-state index in [2.05, 4.69) is 16.4 Å². The maximum atomic E-state index is 5.49. The van der Waals surface area contributed by atoms with E-state index in [9.17, 15) is 0 Å². The number of hydrogen-bond acceptors (Lipinski definition) is 4. The minimum absolute atomic E-state index is 0. The van der Waals surface area contributed by atoms with Gasteiger partial charge in [0.2, 0.25) is 0 Å². The van der Waals surface area contributed by atoms with Gasteiger partial charge in [0.1, 0.15) is 5.75 Å². The van der Waals surface area contributed by atoms with Gasteiger partial charge in [0, 0.05) is 24.2 Å². The molecule has 2 rings (SSSR count). The third kappa shape index (κ3) is 5.87. The molecule has 124 valence electrons. The lowest BCUT2D eigenvalue weighted by Gasteiger charge is -2.11. The Morgan fingerprint density at radius 1 is 1.14 bits per heavy atom. The second kappa shape index (κ2) is 11.4. The molecular weight excluding hydrogens is 321 g/mol. The summed E-state index contributed by atoms with van der Waals surface area (Å²) in [6.45, 7) is 1.74. The van der Waals surface area contributed by atoms with Crippen LogP contribution in [0, 0.1) is 0 Å². The van der Waals surface area contributed by atoms with Gasteiger partial charge in [-0.25, -0.2) is 0 Å². The fraction of sp³-hybridized carbons (Fsp3) is 0.438. The molecule has 0 fully saturated rings. The van der Waals surface area contributed by atoms with Gasteiger partial charge < -0.3 is 15.8 Å². The molecule has 0 spiro atoms. The number of ether oxygens (including phenoxy) is 1. The lowest BCUT2D eigenvalue weighted by atomic mass is 10.1. The first-order valence-corrected chi connectivity index (χ1v) is 7.22. The summed E-state index contributed by atoms with van der Waals surface area (Å²) >= 11 is 0. The third-order valence-corrected chi connectivity index (χ3v) is 3.36. The maximum Gasteiger partial charge on any atom is 0.121 e. The van der Waals surface area contributed by atoms with E-state index in [4.69, 9.17) is 10.5 Å². The monoisotopic (exact) mass is 345 g/mol. The molecule has 2 aromatic rings. The molecule has 0 aliphatic carbocycles. The number of pyridine rings is 1. The lowest BCUT2D eigenvalue weighted by Crippen LogP contribution is -2.04. The molecular formula is C16H25Cl2N3O. The van der Waals surface area contributed by atoms with Gasteiger partial charge in [-0.15, -0.1) is 24.8 Å². The Kier molecular flexibility index (Phi) is 10.7. The maximum absolute atomic E-state index is 5.49. The highest BCUT2D eigenvalue weighted by atomic mass is 35.5. The molecule has 0 saturated carbocycles. The van der Waals surface area contributed by atoms with Gasteiger partial charge in [-0.2, -0.15) is 0 Å². The summed E-state index contributed by atoms with van der Waals surface area (Å²) in [5.41, 5.74) is 7.53. The fourth-order valence-electron chi connectivity index (χ4n) is 2.26. The molecule has 0 amide bonds. The average molecular weight is 346 g/mol. The number of methoxy groups -OCH3 is 1. The standard InChI is InChI=1S/C16H23N3O.2ClH/c1-20-14-11-13-7-6-10-19-16(13)15(12-14)18-9-5-3-2-4-8-17;;/h6-7,10-12,18H,2-5,8-9,17H2,1H3;2*1H. The number of halogens is 2.